The van der Waals surface area contributed by atoms with Crippen molar-refractivity contribution in [2.75, 3.05) is 7.11 Å². The normalized spacial score (nSPS) is 28.5. The molecule has 146 valence electrons. The highest BCUT2D eigenvalue weighted by Crippen LogP contribution is 2.46. The fourth-order valence-electron chi connectivity index (χ4n) is 4.49. The van der Waals surface area contributed by atoms with Crippen molar-refractivity contribution in [3.05, 3.63) is 71.8 Å². The van der Waals surface area contributed by atoms with Gasteiger partial charge in [0.15, 0.2) is 0 Å². The summed E-state index contributed by atoms with van der Waals surface area (Å²) in [5.74, 6) is -0.630. The maximum absolute atomic E-state index is 12.7. The monoisotopic (exact) mass is 380 g/mol. The molecule has 3 aliphatic rings. The number of rotatable bonds is 5. The van der Waals surface area contributed by atoms with E-state index in [-0.39, 0.29) is 23.9 Å². The molecule has 2 bridgehead atoms. The van der Waals surface area contributed by atoms with E-state index >= 15 is 0 Å². The molecule has 5 heteroatoms. The Morgan fingerprint density at radius 2 is 1.32 bits per heavy atom. The Hall–Kier alpha value is -2.66. The van der Waals surface area contributed by atoms with Crippen LogP contribution in [0.2, 0.25) is 0 Å². The molecular formula is C23H24O5. The van der Waals surface area contributed by atoms with E-state index in [9.17, 15) is 9.59 Å². The zero-order valence-corrected chi connectivity index (χ0v) is 15.8. The third-order valence-corrected chi connectivity index (χ3v) is 5.90. The Morgan fingerprint density at radius 1 is 0.786 bits per heavy atom. The number of fused-ring (bicyclic) bond motifs is 3. The van der Waals surface area contributed by atoms with Gasteiger partial charge < -0.3 is 14.2 Å². The van der Waals surface area contributed by atoms with Gasteiger partial charge in [-0.15, -0.1) is 0 Å². The number of carbonyl (C=O) groups is 2. The molecule has 0 aromatic heterocycles. The second-order valence-electron chi connectivity index (χ2n) is 7.48. The first-order valence-corrected chi connectivity index (χ1v) is 9.72. The number of hydrogen-bond donors (Lipinski definition) is 0. The van der Waals surface area contributed by atoms with E-state index in [1.54, 1.807) is 55.6 Å². The molecule has 5 atom stereocenters. The van der Waals surface area contributed by atoms with Crippen molar-refractivity contribution in [3.8, 4) is 0 Å². The topological polar surface area (TPSA) is 61.8 Å². The van der Waals surface area contributed by atoms with Gasteiger partial charge in [0.05, 0.1) is 17.2 Å². The van der Waals surface area contributed by atoms with Crippen LogP contribution in [0.15, 0.2) is 60.7 Å². The second kappa shape index (κ2) is 8.15. The Bertz CT molecular complexity index is 819. The minimum absolute atomic E-state index is 0.0130. The first-order valence-electron chi connectivity index (χ1n) is 9.72. The number of carbonyl (C=O) groups excluding carboxylic acids is 2. The number of esters is 2. The molecule has 5 unspecified atom stereocenters. The van der Waals surface area contributed by atoms with E-state index in [0.29, 0.717) is 11.1 Å². The lowest BCUT2D eigenvalue weighted by Gasteiger charge is -2.50. The van der Waals surface area contributed by atoms with Crippen molar-refractivity contribution in [2.24, 2.45) is 11.8 Å². The summed E-state index contributed by atoms with van der Waals surface area (Å²) >= 11 is 0. The standard InChI is InChI=1S/C23H24O5/c1-26-19-14-17-12-13-18(19)21(28-23(25)16-10-6-3-7-11-16)20(17)27-22(24)15-8-4-2-5-9-15/h2-11,17-21H,12-14H2,1H3. The summed E-state index contributed by atoms with van der Waals surface area (Å²) in [5.41, 5.74) is 0.992. The Labute approximate surface area is 164 Å². The molecule has 3 aliphatic carbocycles. The molecule has 0 spiro atoms. The summed E-state index contributed by atoms with van der Waals surface area (Å²) in [5, 5.41) is 0. The molecular weight excluding hydrogens is 356 g/mol. The van der Waals surface area contributed by atoms with Crippen LogP contribution in [0.4, 0.5) is 0 Å². The average Bonchev–Trinajstić information content (AvgIpc) is 2.76. The molecule has 0 heterocycles. The molecule has 0 saturated heterocycles. The third kappa shape index (κ3) is 3.67. The van der Waals surface area contributed by atoms with Crippen molar-refractivity contribution in [1.29, 1.82) is 0 Å². The van der Waals surface area contributed by atoms with Crippen molar-refractivity contribution in [3.63, 3.8) is 0 Å². The van der Waals surface area contributed by atoms with Crippen molar-refractivity contribution in [1.82, 2.24) is 0 Å². The zero-order valence-electron chi connectivity index (χ0n) is 15.8. The predicted molar refractivity (Wildman–Crippen MR) is 103 cm³/mol. The van der Waals surface area contributed by atoms with Gasteiger partial charge in [0.2, 0.25) is 0 Å². The molecule has 28 heavy (non-hydrogen) atoms. The van der Waals surface area contributed by atoms with Gasteiger partial charge in [0, 0.05) is 18.9 Å². The first-order chi connectivity index (χ1) is 13.7. The van der Waals surface area contributed by atoms with E-state index in [2.05, 4.69) is 0 Å². The fraction of sp³-hybridized carbons (Fsp3) is 0.391. The van der Waals surface area contributed by atoms with Crippen LogP contribution < -0.4 is 0 Å². The van der Waals surface area contributed by atoms with Crippen LogP contribution in [0.5, 0.6) is 0 Å². The van der Waals surface area contributed by atoms with Gasteiger partial charge in [-0.3, -0.25) is 0 Å². The molecule has 0 amide bonds. The van der Waals surface area contributed by atoms with Gasteiger partial charge >= 0.3 is 11.9 Å². The van der Waals surface area contributed by atoms with Gasteiger partial charge in [0.1, 0.15) is 12.2 Å². The largest absolute Gasteiger partial charge is 0.455 e. The molecule has 0 radical (unpaired) electrons. The van der Waals surface area contributed by atoms with Gasteiger partial charge in [-0.25, -0.2) is 9.59 Å². The van der Waals surface area contributed by atoms with Crippen molar-refractivity contribution >= 4 is 11.9 Å². The molecule has 3 saturated carbocycles. The zero-order chi connectivity index (χ0) is 19.5. The third-order valence-electron chi connectivity index (χ3n) is 5.90. The molecule has 5 rings (SSSR count). The van der Waals surface area contributed by atoms with Crippen LogP contribution in [0.1, 0.15) is 40.0 Å². The SMILES string of the molecule is COC1CC2CCC1C(OC(=O)c1ccccc1)C2OC(=O)c1ccccc1. The van der Waals surface area contributed by atoms with E-state index in [1.807, 2.05) is 12.1 Å². The van der Waals surface area contributed by atoms with Gasteiger partial charge in [0.25, 0.3) is 0 Å². The first kappa shape index (κ1) is 18.7. The number of benzene rings is 2. The van der Waals surface area contributed by atoms with Crippen molar-refractivity contribution < 1.29 is 23.8 Å². The highest BCUT2D eigenvalue weighted by Gasteiger charge is 2.53. The van der Waals surface area contributed by atoms with E-state index in [1.165, 1.54) is 0 Å². The lowest BCUT2D eigenvalue weighted by Crippen LogP contribution is -2.57. The minimum Gasteiger partial charge on any atom is -0.455 e. The van der Waals surface area contributed by atoms with E-state index in [0.717, 1.165) is 19.3 Å². The van der Waals surface area contributed by atoms with E-state index < -0.39 is 18.2 Å². The van der Waals surface area contributed by atoms with Crippen LogP contribution in [0, 0.1) is 11.8 Å². The summed E-state index contributed by atoms with van der Waals surface area (Å²) in [6.07, 6.45) is 1.71. The number of hydrogen-bond acceptors (Lipinski definition) is 5. The van der Waals surface area contributed by atoms with E-state index in [4.69, 9.17) is 14.2 Å². The summed E-state index contributed by atoms with van der Waals surface area (Å²) in [6, 6.07) is 17.8. The van der Waals surface area contributed by atoms with Crippen LogP contribution in [-0.2, 0) is 14.2 Å². The highest BCUT2D eigenvalue weighted by atomic mass is 16.6. The van der Waals surface area contributed by atoms with Crippen LogP contribution in [-0.4, -0.2) is 37.4 Å². The molecule has 0 aliphatic heterocycles. The van der Waals surface area contributed by atoms with Gasteiger partial charge in [-0.1, -0.05) is 36.4 Å². The lowest BCUT2D eigenvalue weighted by molar-refractivity contribution is -0.167. The molecule has 0 N–H and O–H groups in total. The average molecular weight is 380 g/mol. The Morgan fingerprint density at radius 3 is 1.86 bits per heavy atom. The summed E-state index contributed by atoms with van der Waals surface area (Å²) in [6.45, 7) is 0. The lowest BCUT2D eigenvalue weighted by atomic mass is 9.65. The van der Waals surface area contributed by atoms with Crippen LogP contribution >= 0.6 is 0 Å². The second-order valence-corrected chi connectivity index (χ2v) is 7.48. The number of methoxy groups -OCH3 is 1. The summed E-state index contributed by atoms with van der Waals surface area (Å²) in [4.78, 5) is 25.3. The van der Waals surface area contributed by atoms with Gasteiger partial charge in [-0.2, -0.15) is 0 Å². The fourth-order valence-corrected chi connectivity index (χ4v) is 4.49. The smallest absolute Gasteiger partial charge is 0.338 e. The molecule has 2 aromatic carbocycles. The number of ether oxygens (including phenoxy) is 3. The van der Waals surface area contributed by atoms with Crippen LogP contribution in [0.25, 0.3) is 0 Å². The molecule has 5 nitrogen and oxygen atoms in total. The minimum atomic E-state index is -0.502. The van der Waals surface area contributed by atoms with Crippen molar-refractivity contribution in [2.45, 2.75) is 37.6 Å². The maximum Gasteiger partial charge on any atom is 0.338 e. The molecule has 2 aromatic rings. The Balaban J connectivity index is 1.56. The quantitative estimate of drug-likeness (QED) is 0.737. The van der Waals surface area contributed by atoms with Crippen LogP contribution in [0.3, 0.4) is 0 Å². The summed E-state index contributed by atoms with van der Waals surface area (Å²) in [7, 11) is 1.69. The highest BCUT2D eigenvalue weighted by molar-refractivity contribution is 5.90. The predicted octanol–water partition coefficient (Wildman–Crippen LogP) is 3.88. The summed E-state index contributed by atoms with van der Waals surface area (Å²) < 4.78 is 17.4. The Kier molecular flexibility index (Phi) is 5.44. The van der Waals surface area contributed by atoms with Gasteiger partial charge in [-0.05, 0) is 43.5 Å². The molecule has 3 fully saturated rings. The maximum atomic E-state index is 12.7.